The second kappa shape index (κ2) is 6.27. The van der Waals surface area contributed by atoms with Gasteiger partial charge in [0.2, 0.25) is 0 Å². The van der Waals surface area contributed by atoms with Crippen LogP contribution in [0.5, 0.6) is 5.75 Å². The fraction of sp³-hybridized carbons (Fsp3) is 0.333. The van der Waals surface area contributed by atoms with Gasteiger partial charge in [-0.15, -0.1) is 0 Å². The van der Waals surface area contributed by atoms with Crippen LogP contribution in [0, 0.1) is 19.7 Å². The maximum Gasteiger partial charge on any atom is 0.131 e. The first-order chi connectivity index (χ1) is 9.97. The van der Waals surface area contributed by atoms with Crippen molar-refractivity contribution in [1.82, 2.24) is 5.32 Å². The minimum Gasteiger partial charge on any atom is -0.496 e. The minimum atomic E-state index is -0.229. The van der Waals surface area contributed by atoms with E-state index in [1.54, 1.807) is 7.11 Å². The Balaban J connectivity index is 2.66. The summed E-state index contributed by atoms with van der Waals surface area (Å²) >= 11 is 0. The van der Waals surface area contributed by atoms with Gasteiger partial charge in [0.25, 0.3) is 0 Å². The zero-order chi connectivity index (χ0) is 15.6. The molecule has 0 saturated heterocycles. The molecule has 0 radical (unpaired) electrons. The molecule has 0 aromatic heterocycles. The van der Waals surface area contributed by atoms with Crippen molar-refractivity contribution in [3.63, 3.8) is 0 Å². The van der Waals surface area contributed by atoms with Crippen molar-refractivity contribution in [2.45, 2.75) is 26.8 Å². The Bertz CT molecular complexity index is 652. The molecular weight excluding hydrogens is 265 g/mol. The number of nitrogens with one attached hydrogen (secondary N) is 1. The SMILES string of the molecule is CNC(C)c1ccc(F)c(-c2c(C)cc(C)cc2OC)c1. The summed E-state index contributed by atoms with van der Waals surface area (Å²) in [5, 5.41) is 3.18. The molecule has 112 valence electrons. The van der Waals surface area contributed by atoms with Gasteiger partial charge in [0.1, 0.15) is 11.6 Å². The number of halogens is 1. The van der Waals surface area contributed by atoms with E-state index in [2.05, 4.69) is 12.2 Å². The highest BCUT2D eigenvalue weighted by Crippen LogP contribution is 2.36. The largest absolute Gasteiger partial charge is 0.496 e. The van der Waals surface area contributed by atoms with Crippen molar-refractivity contribution in [2.75, 3.05) is 14.2 Å². The lowest BCUT2D eigenvalue weighted by molar-refractivity contribution is 0.415. The first-order valence-corrected chi connectivity index (χ1v) is 7.10. The summed E-state index contributed by atoms with van der Waals surface area (Å²) < 4.78 is 19.8. The molecule has 0 aliphatic carbocycles. The van der Waals surface area contributed by atoms with Crippen molar-refractivity contribution in [1.29, 1.82) is 0 Å². The Morgan fingerprint density at radius 2 is 1.86 bits per heavy atom. The van der Waals surface area contributed by atoms with Gasteiger partial charge in [-0.1, -0.05) is 12.1 Å². The summed E-state index contributed by atoms with van der Waals surface area (Å²) in [5.74, 6) is 0.480. The highest BCUT2D eigenvalue weighted by atomic mass is 19.1. The van der Waals surface area contributed by atoms with Gasteiger partial charge in [0, 0.05) is 17.2 Å². The number of hydrogen-bond acceptors (Lipinski definition) is 2. The van der Waals surface area contributed by atoms with Gasteiger partial charge in [-0.2, -0.15) is 0 Å². The van der Waals surface area contributed by atoms with E-state index in [0.29, 0.717) is 11.3 Å². The Morgan fingerprint density at radius 3 is 2.48 bits per heavy atom. The second-order valence-corrected chi connectivity index (χ2v) is 5.41. The molecule has 0 aliphatic heterocycles. The number of benzene rings is 2. The molecule has 2 aromatic carbocycles. The fourth-order valence-corrected chi connectivity index (χ4v) is 2.61. The summed E-state index contributed by atoms with van der Waals surface area (Å²) in [5.41, 5.74) is 4.58. The number of ether oxygens (including phenoxy) is 1. The molecule has 2 aromatic rings. The molecule has 0 fully saturated rings. The number of hydrogen-bond donors (Lipinski definition) is 1. The molecule has 1 atom stereocenters. The van der Waals surface area contributed by atoms with Gasteiger partial charge < -0.3 is 10.1 Å². The second-order valence-electron chi connectivity index (χ2n) is 5.41. The summed E-state index contributed by atoms with van der Waals surface area (Å²) in [6.07, 6.45) is 0. The van der Waals surface area contributed by atoms with Gasteiger partial charge in [0.05, 0.1) is 7.11 Å². The van der Waals surface area contributed by atoms with E-state index < -0.39 is 0 Å². The Hall–Kier alpha value is -1.87. The molecule has 0 heterocycles. The average Bonchev–Trinajstić information content (AvgIpc) is 2.46. The Labute approximate surface area is 126 Å². The summed E-state index contributed by atoms with van der Waals surface area (Å²) in [6.45, 7) is 6.05. The molecule has 0 bridgehead atoms. The van der Waals surface area contributed by atoms with Crippen LogP contribution in [-0.4, -0.2) is 14.2 Å². The Kier molecular flexibility index (Phi) is 4.63. The van der Waals surface area contributed by atoms with Gasteiger partial charge in [-0.3, -0.25) is 0 Å². The van der Waals surface area contributed by atoms with Gasteiger partial charge in [-0.25, -0.2) is 4.39 Å². The topological polar surface area (TPSA) is 21.3 Å². The van der Waals surface area contributed by atoms with E-state index in [1.807, 2.05) is 45.2 Å². The molecule has 1 N–H and O–H groups in total. The van der Waals surface area contributed by atoms with E-state index in [9.17, 15) is 4.39 Å². The van der Waals surface area contributed by atoms with Crippen LogP contribution in [0.15, 0.2) is 30.3 Å². The third-order valence-electron chi connectivity index (χ3n) is 3.86. The average molecular weight is 287 g/mol. The predicted molar refractivity (Wildman–Crippen MR) is 85.3 cm³/mol. The first-order valence-electron chi connectivity index (χ1n) is 7.10. The zero-order valence-corrected chi connectivity index (χ0v) is 13.3. The van der Waals surface area contributed by atoms with Crippen LogP contribution in [0.25, 0.3) is 11.1 Å². The lowest BCUT2D eigenvalue weighted by atomic mass is 9.94. The normalized spacial score (nSPS) is 12.3. The summed E-state index contributed by atoms with van der Waals surface area (Å²) in [4.78, 5) is 0. The summed E-state index contributed by atoms with van der Waals surface area (Å²) in [6, 6.07) is 9.40. The van der Waals surface area contributed by atoms with E-state index in [-0.39, 0.29) is 11.9 Å². The van der Waals surface area contributed by atoms with Crippen molar-refractivity contribution in [3.8, 4) is 16.9 Å². The first kappa shape index (κ1) is 15.5. The molecule has 2 rings (SSSR count). The molecule has 1 unspecified atom stereocenters. The van der Waals surface area contributed by atoms with E-state index in [0.717, 1.165) is 22.3 Å². The fourth-order valence-electron chi connectivity index (χ4n) is 2.61. The Morgan fingerprint density at radius 1 is 1.14 bits per heavy atom. The van der Waals surface area contributed by atoms with Crippen molar-refractivity contribution >= 4 is 0 Å². The highest BCUT2D eigenvalue weighted by Gasteiger charge is 2.16. The molecule has 2 nitrogen and oxygen atoms in total. The lowest BCUT2D eigenvalue weighted by Gasteiger charge is -2.17. The lowest BCUT2D eigenvalue weighted by Crippen LogP contribution is -2.12. The predicted octanol–water partition coefficient (Wildman–Crippen LogP) is 4.40. The van der Waals surface area contributed by atoms with Crippen LogP contribution in [-0.2, 0) is 0 Å². The van der Waals surface area contributed by atoms with E-state index in [4.69, 9.17) is 4.74 Å². The van der Waals surface area contributed by atoms with Gasteiger partial charge >= 0.3 is 0 Å². The molecular formula is C18H22FNO. The molecule has 0 aliphatic rings. The summed E-state index contributed by atoms with van der Waals surface area (Å²) in [7, 11) is 3.51. The van der Waals surface area contributed by atoms with Crippen molar-refractivity contribution < 1.29 is 9.13 Å². The van der Waals surface area contributed by atoms with Crippen LogP contribution in [0.4, 0.5) is 4.39 Å². The van der Waals surface area contributed by atoms with Crippen molar-refractivity contribution in [3.05, 3.63) is 52.8 Å². The quantitative estimate of drug-likeness (QED) is 0.900. The molecule has 21 heavy (non-hydrogen) atoms. The smallest absolute Gasteiger partial charge is 0.131 e. The number of aryl methyl sites for hydroxylation is 2. The molecule has 3 heteroatoms. The van der Waals surface area contributed by atoms with Crippen molar-refractivity contribution in [2.24, 2.45) is 0 Å². The maximum atomic E-state index is 14.3. The number of rotatable bonds is 4. The molecule has 0 saturated carbocycles. The van der Waals surface area contributed by atoms with E-state index >= 15 is 0 Å². The van der Waals surface area contributed by atoms with Crippen LogP contribution in [0.2, 0.25) is 0 Å². The third kappa shape index (κ3) is 3.08. The van der Waals surface area contributed by atoms with E-state index in [1.165, 1.54) is 6.07 Å². The van der Waals surface area contributed by atoms with Crippen LogP contribution >= 0.6 is 0 Å². The highest BCUT2D eigenvalue weighted by molar-refractivity contribution is 5.75. The van der Waals surface area contributed by atoms with Crippen LogP contribution in [0.1, 0.15) is 29.7 Å². The zero-order valence-electron chi connectivity index (χ0n) is 13.3. The third-order valence-corrected chi connectivity index (χ3v) is 3.86. The molecule has 0 spiro atoms. The molecule has 0 amide bonds. The monoisotopic (exact) mass is 287 g/mol. The van der Waals surface area contributed by atoms with Crippen LogP contribution < -0.4 is 10.1 Å². The van der Waals surface area contributed by atoms with Gasteiger partial charge in [0.15, 0.2) is 0 Å². The van der Waals surface area contributed by atoms with Gasteiger partial charge in [-0.05, 0) is 62.7 Å². The maximum absolute atomic E-state index is 14.3. The number of methoxy groups -OCH3 is 1. The minimum absolute atomic E-state index is 0.168. The standard InChI is InChI=1S/C18H22FNO/c1-11-8-12(2)18(17(9-11)21-5)15-10-14(13(3)20-4)6-7-16(15)19/h6-10,13,20H,1-5H3. The van der Waals surface area contributed by atoms with Crippen LogP contribution in [0.3, 0.4) is 0 Å².